The first kappa shape index (κ1) is 14.7. The SMILES string of the molecule is Cc1nc(-c2cc(F)ccc2Cl)sc1CCO[N+](=O)[O-]. The molecule has 2 rings (SSSR count). The van der Waals surface area contributed by atoms with Gasteiger partial charge in [-0.05, 0) is 25.1 Å². The van der Waals surface area contributed by atoms with Crippen LogP contribution >= 0.6 is 22.9 Å². The zero-order valence-corrected chi connectivity index (χ0v) is 12.0. The molecule has 0 bridgehead atoms. The molecule has 0 amide bonds. The highest BCUT2D eigenvalue weighted by molar-refractivity contribution is 7.15. The van der Waals surface area contributed by atoms with Crippen LogP contribution in [0, 0.1) is 22.9 Å². The van der Waals surface area contributed by atoms with Crippen LogP contribution in [0.25, 0.3) is 10.6 Å². The molecule has 1 aromatic carbocycles. The number of aryl methyl sites for hydroxylation is 1. The summed E-state index contributed by atoms with van der Waals surface area (Å²) in [6.45, 7) is 1.75. The highest BCUT2D eigenvalue weighted by atomic mass is 35.5. The van der Waals surface area contributed by atoms with Crippen molar-refractivity contribution in [2.45, 2.75) is 13.3 Å². The molecule has 8 heteroatoms. The van der Waals surface area contributed by atoms with Gasteiger partial charge in [0.2, 0.25) is 0 Å². The molecule has 0 aliphatic rings. The number of aromatic nitrogens is 1. The van der Waals surface area contributed by atoms with Gasteiger partial charge in [-0.1, -0.05) is 11.6 Å². The van der Waals surface area contributed by atoms with Gasteiger partial charge in [-0.2, -0.15) is 0 Å². The molecule has 0 atom stereocenters. The van der Waals surface area contributed by atoms with Gasteiger partial charge in [0.15, 0.2) is 0 Å². The Morgan fingerprint density at radius 1 is 1.55 bits per heavy atom. The molecule has 5 nitrogen and oxygen atoms in total. The fourth-order valence-corrected chi connectivity index (χ4v) is 2.99. The van der Waals surface area contributed by atoms with Crippen LogP contribution in [0.2, 0.25) is 5.02 Å². The summed E-state index contributed by atoms with van der Waals surface area (Å²) in [6, 6.07) is 4.06. The van der Waals surface area contributed by atoms with Crippen LogP contribution in [0.5, 0.6) is 0 Å². The van der Waals surface area contributed by atoms with Crippen molar-refractivity contribution in [3.63, 3.8) is 0 Å². The summed E-state index contributed by atoms with van der Waals surface area (Å²) >= 11 is 7.35. The van der Waals surface area contributed by atoms with Crippen molar-refractivity contribution in [2.75, 3.05) is 6.61 Å². The summed E-state index contributed by atoms with van der Waals surface area (Å²) in [5.41, 5.74) is 1.25. The Morgan fingerprint density at radius 2 is 2.30 bits per heavy atom. The van der Waals surface area contributed by atoms with E-state index in [0.717, 1.165) is 10.6 Å². The molecule has 2 aromatic rings. The van der Waals surface area contributed by atoms with E-state index in [0.29, 0.717) is 22.0 Å². The summed E-state index contributed by atoms with van der Waals surface area (Å²) in [7, 11) is 0. The maximum Gasteiger partial charge on any atom is 0.294 e. The Balaban J connectivity index is 2.22. The quantitative estimate of drug-likeness (QED) is 0.623. The van der Waals surface area contributed by atoms with Gasteiger partial charge in [0.25, 0.3) is 5.09 Å². The number of halogens is 2. The summed E-state index contributed by atoms with van der Waals surface area (Å²) in [5, 5.41) is 10.3. The second-order valence-corrected chi connectivity index (χ2v) is 5.45. The van der Waals surface area contributed by atoms with E-state index in [4.69, 9.17) is 11.6 Å². The number of thiazole rings is 1. The van der Waals surface area contributed by atoms with E-state index in [9.17, 15) is 14.5 Å². The topological polar surface area (TPSA) is 65.3 Å². The lowest BCUT2D eigenvalue weighted by atomic mass is 10.2. The molecule has 0 aliphatic carbocycles. The number of rotatable bonds is 5. The maximum absolute atomic E-state index is 13.3. The zero-order valence-electron chi connectivity index (χ0n) is 10.4. The lowest BCUT2D eigenvalue weighted by Crippen LogP contribution is -2.04. The van der Waals surface area contributed by atoms with E-state index in [-0.39, 0.29) is 6.61 Å². The van der Waals surface area contributed by atoms with E-state index in [1.807, 2.05) is 0 Å². The number of benzene rings is 1. The largest absolute Gasteiger partial charge is 0.314 e. The van der Waals surface area contributed by atoms with Crippen LogP contribution in [0.4, 0.5) is 4.39 Å². The minimum Gasteiger partial charge on any atom is -0.314 e. The Hall–Kier alpha value is -1.73. The fraction of sp³-hybridized carbons (Fsp3) is 0.250. The van der Waals surface area contributed by atoms with Crippen molar-refractivity contribution in [2.24, 2.45) is 0 Å². The highest BCUT2D eigenvalue weighted by Crippen LogP contribution is 2.33. The Morgan fingerprint density at radius 3 is 3.00 bits per heavy atom. The number of nitrogens with zero attached hydrogens (tertiary/aromatic N) is 2. The van der Waals surface area contributed by atoms with Gasteiger partial charge in [-0.3, -0.25) is 0 Å². The smallest absolute Gasteiger partial charge is 0.294 e. The Bertz CT molecular complexity index is 648. The molecule has 1 aromatic heterocycles. The summed E-state index contributed by atoms with van der Waals surface area (Å²) in [4.78, 5) is 19.5. The van der Waals surface area contributed by atoms with Crippen LogP contribution in [0.15, 0.2) is 18.2 Å². The third kappa shape index (κ3) is 3.43. The van der Waals surface area contributed by atoms with Crippen LogP contribution in [0.3, 0.4) is 0 Å². The van der Waals surface area contributed by atoms with Gasteiger partial charge in [-0.25, -0.2) is 9.37 Å². The average Bonchev–Trinajstić information content (AvgIpc) is 2.73. The van der Waals surface area contributed by atoms with Crippen LogP contribution in [0.1, 0.15) is 10.6 Å². The van der Waals surface area contributed by atoms with Gasteiger partial charge in [0.1, 0.15) is 17.4 Å². The lowest BCUT2D eigenvalue weighted by molar-refractivity contribution is -0.757. The monoisotopic (exact) mass is 316 g/mol. The van der Waals surface area contributed by atoms with Gasteiger partial charge in [-0.15, -0.1) is 21.5 Å². The van der Waals surface area contributed by atoms with E-state index in [1.165, 1.54) is 29.5 Å². The highest BCUT2D eigenvalue weighted by Gasteiger charge is 2.13. The van der Waals surface area contributed by atoms with E-state index < -0.39 is 10.9 Å². The Kier molecular flexibility index (Phi) is 4.51. The van der Waals surface area contributed by atoms with Gasteiger partial charge in [0, 0.05) is 16.9 Å². The Labute approximate surface area is 123 Å². The summed E-state index contributed by atoms with van der Waals surface area (Å²) < 4.78 is 13.3. The number of hydrogen-bond donors (Lipinski definition) is 0. The molecule has 0 fully saturated rings. The van der Waals surface area contributed by atoms with Crippen molar-refractivity contribution in [3.05, 3.63) is 49.7 Å². The number of hydrogen-bond acceptors (Lipinski definition) is 5. The molecule has 20 heavy (non-hydrogen) atoms. The third-order valence-corrected chi connectivity index (χ3v) is 4.16. The van der Waals surface area contributed by atoms with Crippen molar-refractivity contribution in [1.29, 1.82) is 0 Å². The standard InChI is InChI=1S/C12H10ClFN2O3S/c1-7-11(4-5-19-16(17)18)20-12(15-7)9-6-8(14)2-3-10(9)13/h2-3,6H,4-5H2,1H3. The molecule has 1 heterocycles. The van der Waals surface area contributed by atoms with Gasteiger partial charge < -0.3 is 4.84 Å². The second kappa shape index (κ2) is 6.15. The normalized spacial score (nSPS) is 10.6. The first-order valence-corrected chi connectivity index (χ1v) is 6.86. The summed E-state index contributed by atoms with van der Waals surface area (Å²) in [6.07, 6.45) is 0.372. The molecular weight excluding hydrogens is 307 g/mol. The zero-order chi connectivity index (χ0) is 14.7. The summed E-state index contributed by atoms with van der Waals surface area (Å²) in [5.74, 6) is -0.393. The van der Waals surface area contributed by atoms with Crippen molar-refractivity contribution < 1.29 is 14.3 Å². The molecule has 0 saturated heterocycles. The predicted molar refractivity (Wildman–Crippen MR) is 73.9 cm³/mol. The minimum atomic E-state index is -0.833. The van der Waals surface area contributed by atoms with Crippen LogP contribution < -0.4 is 0 Å². The van der Waals surface area contributed by atoms with Crippen molar-refractivity contribution >= 4 is 22.9 Å². The predicted octanol–water partition coefficient (Wildman–Crippen LogP) is 3.66. The van der Waals surface area contributed by atoms with Gasteiger partial charge >= 0.3 is 0 Å². The molecule has 0 spiro atoms. The molecular formula is C12H10ClFN2O3S. The first-order chi connectivity index (χ1) is 9.47. The fourth-order valence-electron chi connectivity index (χ4n) is 1.65. The average molecular weight is 317 g/mol. The molecule has 0 aliphatic heterocycles. The van der Waals surface area contributed by atoms with Crippen molar-refractivity contribution in [3.8, 4) is 10.6 Å². The molecule has 0 unspecified atom stereocenters. The minimum absolute atomic E-state index is 0.0354. The molecule has 106 valence electrons. The molecule has 0 saturated carbocycles. The lowest BCUT2D eigenvalue weighted by Gasteiger charge is -1.99. The van der Waals surface area contributed by atoms with Crippen LogP contribution in [-0.2, 0) is 11.3 Å². The van der Waals surface area contributed by atoms with E-state index in [1.54, 1.807) is 6.92 Å². The van der Waals surface area contributed by atoms with E-state index in [2.05, 4.69) is 9.82 Å². The van der Waals surface area contributed by atoms with E-state index >= 15 is 0 Å². The second-order valence-electron chi connectivity index (χ2n) is 3.96. The first-order valence-electron chi connectivity index (χ1n) is 5.66. The van der Waals surface area contributed by atoms with Crippen molar-refractivity contribution in [1.82, 2.24) is 4.98 Å². The van der Waals surface area contributed by atoms with Gasteiger partial charge in [0.05, 0.1) is 10.7 Å². The third-order valence-electron chi connectivity index (χ3n) is 2.58. The maximum atomic E-state index is 13.3. The molecule has 0 radical (unpaired) electrons. The van der Waals surface area contributed by atoms with Crippen LogP contribution in [-0.4, -0.2) is 16.7 Å². The molecule has 0 N–H and O–H groups in total.